The van der Waals surface area contributed by atoms with Crippen LogP contribution >= 0.6 is 0 Å². The van der Waals surface area contributed by atoms with Crippen LogP contribution in [0.2, 0.25) is 0 Å². The van der Waals surface area contributed by atoms with E-state index >= 15 is 0 Å². The van der Waals surface area contributed by atoms with Crippen LogP contribution in [-0.2, 0) is 12.0 Å². The summed E-state index contributed by atoms with van der Waals surface area (Å²) in [6.07, 6.45) is 0. The Balaban J connectivity index is 1.94. The van der Waals surface area contributed by atoms with Crippen molar-refractivity contribution in [3.05, 3.63) is 81.7 Å². The van der Waals surface area contributed by atoms with E-state index in [2.05, 4.69) is 26.1 Å². The van der Waals surface area contributed by atoms with Crippen molar-refractivity contribution in [3.8, 4) is 0 Å². The molecule has 128 valence electrons. The molecule has 0 spiro atoms. The van der Waals surface area contributed by atoms with E-state index in [1.807, 2.05) is 36.4 Å². The first-order valence-corrected chi connectivity index (χ1v) is 8.25. The quantitative estimate of drug-likeness (QED) is 0.736. The number of rotatable bonds is 3. The lowest BCUT2D eigenvalue weighted by molar-refractivity contribution is 0.0951. The molecule has 0 saturated heterocycles. The zero-order chi connectivity index (χ0) is 18.0. The van der Waals surface area contributed by atoms with Crippen molar-refractivity contribution in [2.75, 3.05) is 0 Å². The molecule has 4 nitrogen and oxygen atoms in total. The summed E-state index contributed by atoms with van der Waals surface area (Å²) in [5.41, 5.74) is 2.58. The van der Waals surface area contributed by atoms with Crippen LogP contribution in [0.25, 0.3) is 11.0 Å². The molecule has 0 saturated carbocycles. The van der Waals surface area contributed by atoms with Gasteiger partial charge in [0.1, 0.15) is 5.58 Å². The molecule has 1 N–H and O–H groups in total. The highest BCUT2D eigenvalue weighted by molar-refractivity contribution is 5.94. The number of fused-ring (bicyclic) bond motifs is 1. The van der Waals surface area contributed by atoms with Crippen LogP contribution in [0.5, 0.6) is 0 Å². The fourth-order valence-electron chi connectivity index (χ4n) is 2.71. The summed E-state index contributed by atoms with van der Waals surface area (Å²) < 4.78 is 5.29. The number of benzene rings is 2. The second-order valence-corrected chi connectivity index (χ2v) is 7.10. The minimum Gasteiger partial charge on any atom is -0.423 e. The predicted octanol–water partition coefficient (Wildman–Crippen LogP) is 4.02. The van der Waals surface area contributed by atoms with Crippen molar-refractivity contribution in [3.63, 3.8) is 0 Å². The van der Waals surface area contributed by atoms with Crippen LogP contribution < -0.4 is 10.9 Å². The molecule has 0 radical (unpaired) electrons. The number of amides is 1. The Morgan fingerprint density at radius 3 is 2.44 bits per heavy atom. The van der Waals surface area contributed by atoms with Gasteiger partial charge in [0.15, 0.2) is 0 Å². The van der Waals surface area contributed by atoms with Crippen molar-refractivity contribution in [2.45, 2.75) is 32.7 Å². The monoisotopic (exact) mass is 335 g/mol. The summed E-state index contributed by atoms with van der Waals surface area (Å²) in [6, 6.07) is 16.3. The van der Waals surface area contributed by atoms with Gasteiger partial charge in [0.2, 0.25) is 0 Å². The molecule has 25 heavy (non-hydrogen) atoms. The lowest BCUT2D eigenvalue weighted by Crippen LogP contribution is -2.23. The number of hydrogen-bond donors (Lipinski definition) is 1. The SMILES string of the molecule is CC(C)(C)c1ccc2oc(=O)cc(CNC(=O)c3ccccc3)c2c1. The highest BCUT2D eigenvalue weighted by atomic mass is 16.4. The summed E-state index contributed by atoms with van der Waals surface area (Å²) in [7, 11) is 0. The molecule has 0 bridgehead atoms. The smallest absolute Gasteiger partial charge is 0.336 e. The summed E-state index contributed by atoms with van der Waals surface area (Å²) in [5.74, 6) is -0.172. The number of nitrogens with one attached hydrogen (secondary N) is 1. The summed E-state index contributed by atoms with van der Waals surface area (Å²) in [4.78, 5) is 24.1. The largest absolute Gasteiger partial charge is 0.423 e. The molecular formula is C21H21NO3. The Labute approximate surface area is 146 Å². The minimum absolute atomic E-state index is 0.0190. The van der Waals surface area contributed by atoms with Crippen LogP contribution in [0.4, 0.5) is 0 Å². The van der Waals surface area contributed by atoms with E-state index in [1.54, 1.807) is 12.1 Å². The Bertz CT molecular complexity index is 966. The van der Waals surface area contributed by atoms with Crippen LogP contribution in [0.3, 0.4) is 0 Å². The van der Waals surface area contributed by atoms with E-state index in [-0.39, 0.29) is 17.9 Å². The van der Waals surface area contributed by atoms with Gasteiger partial charge >= 0.3 is 5.63 Å². The lowest BCUT2D eigenvalue weighted by atomic mass is 9.86. The van der Waals surface area contributed by atoms with Gasteiger partial charge in [-0.25, -0.2) is 4.79 Å². The molecule has 0 aliphatic carbocycles. The van der Waals surface area contributed by atoms with Gasteiger partial charge in [-0.05, 0) is 40.8 Å². The van der Waals surface area contributed by atoms with Gasteiger partial charge in [0.25, 0.3) is 5.91 Å². The molecule has 3 rings (SSSR count). The average Bonchev–Trinajstić information content (AvgIpc) is 2.58. The molecule has 1 aromatic heterocycles. The first kappa shape index (κ1) is 17.0. The maximum absolute atomic E-state index is 12.3. The van der Waals surface area contributed by atoms with Gasteiger partial charge in [-0.3, -0.25) is 4.79 Å². The molecule has 0 aliphatic heterocycles. The third kappa shape index (κ3) is 3.79. The number of carbonyl (C=O) groups is 1. The van der Waals surface area contributed by atoms with Crippen LogP contribution in [-0.4, -0.2) is 5.91 Å². The van der Waals surface area contributed by atoms with E-state index in [0.717, 1.165) is 16.5 Å². The molecular weight excluding hydrogens is 314 g/mol. The average molecular weight is 335 g/mol. The molecule has 0 atom stereocenters. The van der Waals surface area contributed by atoms with Gasteiger partial charge in [0, 0.05) is 23.6 Å². The van der Waals surface area contributed by atoms with Gasteiger partial charge in [-0.2, -0.15) is 0 Å². The van der Waals surface area contributed by atoms with Gasteiger partial charge < -0.3 is 9.73 Å². The number of carbonyl (C=O) groups excluding carboxylic acids is 1. The molecule has 0 fully saturated rings. The highest BCUT2D eigenvalue weighted by Gasteiger charge is 2.16. The van der Waals surface area contributed by atoms with Gasteiger partial charge in [-0.1, -0.05) is 45.0 Å². The van der Waals surface area contributed by atoms with Crippen LogP contribution in [0.15, 0.2) is 63.8 Å². The van der Waals surface area contributed by atoms with Gasteiger partial charge in [-0.15, -0.1) is 0 Å². The van der Waals surface area contributed by atoms with Crippen molar-refractivity contribution < 1.29 is 9.21 Å². The fourth-order valence-corrected chi connectivity index (χ4v) is 2.71. The Morgan fingerprint density at radius 1 is 1.04 bits per heavy atom. The van der Waals surface area contributed by atoms with Crippen LogP contribution in [0.1, 0.15) is 42.3 Å². The molecule has 4 heteroatoms. The highest BCUT2D eigenvalue weighted by Crippen LogP contribution is 2.27. The van der Waals surface area contributed by atoms with E-state index in [4.69, 9.17) is 4.42 Å². The fraction of sp³-hybridized carbons (Fsp3) is 0.238. The maximum atomic E-state index is 12.3. The van der Waals surface area contributed by atoms with E-state index in [0.29, 0.717) is 11.1 Å². The normalized spacial score (nSPS) is 11.5. The zero-order valence-electron chi connectivity index (χ0n) is 14.6. The van der Waals surface area contributed by atoms with Crippen molar-refractivity contribution in [1.82, 2.24) is 5.32 Å². The Morgan fingerprint density at radius 2 is 1.76 bits per heavy atom. The minimum atomic E-state index is -0.417. The van der Waals surface area contributed by atoms with Crippen molar-refractivity contribution in [2.24, 2.45) is 0 Å². The molecule has 1 amide bonds. The maximum Gasteiger partial charge on any atom is 0.336 e. The Kier molecular flexibility index (Phi) is 4.45. The van der Waals surface area contributed by atoms with E-state index in [1.165, 1.54) is 6.07 Å². The zero-order valence-corrected chi connectivity index (χ0v) is 14.6. The van der Waals surface area contributed by atoms with Crippen molar-refractivity contribution >= 4 is 16.9 Å². The second-order valence-electron chi connectivity index (χ2n) is 7.10. The molecule has 1 heterocycles. The standard InChI is InChI=1S/C21H21NO3/c1-21(2,3)16-9-10-18-17(12-16)15(11-19(23)25-18)13-22-20(24)14-7-5-4-6-8-14/h4-12H,13H2,1-3H3,(H,22,24). The predicted molar refractivity (Wildman–Crippen MR) is 98.8 cm³/mol. The summed E-state index contributed by atoms with van der Waals surface area (Å²) in [6.45, 7) is 6.65. The summed E-state index contributed by atoms with van der Waals surface area (Å²) in [5, 5.41) is 3.72. The first-order valence-electron chi connectivity index (χ1n) is 8.25. The molecule has 2 aromatic carbocycles. The molecule has 3 aromatic rings. The number of hydrogen-bond acceptors (Lipinski definition) is 3. The van der Waals surface area contributed by atoms with Crippen molar-refractivity contribution in [1.29, 1.82) is 0 Å². The second kappa shape index (κ2) is 6.55. The Hall–Kier alpha value is -2.88. The third-order valence-corrected chi connectivity index (χ3v) is 4.17. The topological polar surface area (TPSA) is 59.3 Å². The first-order chi connectivity index (χ1) is 11.8. The van der Waals surface area contributed by atoms with Crippen LogP contribution in [0, 0.1) is 0 Å². The van der Waals surface area contributed by atoms with E-state index < -0.39 is 5.63 Å². The molecule has 0 aliphatic rings. The third-order valence-electron chi connectivity index (χ3n) is 4.17. The molecule has 0 unspecified atom stereocenters. The van der Waals surface area contributed by atoms with E-state index in [9.17, 15) is 9.59 Å². The van der Waals surface area contributed by atoms with Gasteiger partial charge in [0.05, 0.1) is 0 Å². The summed E-state index contributed by atoms with van der Waals surface area (Å²) >= 11 is 0. The lowest BCUT2D eigenvalue weighted by Gasteiger charge is -2.19.